The van der Waals surface area contributed by atoms with Gasteiger partial charge in [0.15, 0.2) is 6.61 Å². The van der Waals surface area contributed by atoms with Crippen LogP contribution in [0.2, 0.25) is 0 Å². The largest absolute Gasteiger partial charge is 0.489 e. The molecule has 0 aliphatic heterocycles. The molecule has 0 radical (unpaired) electrons. The first kappa shape index (κ1) is 36.9. The maximum absolute atomic E-state index is 13.5. The van der Waals surface area contributed by atoms with E-state index in [2.05, 4.69) is 40.8 Å². The van der Waals surface area contributed by atoms with Gasteiger partial charge < -0.3 is 30.2 Å². The van der Waals surface area contributed by atoms with Gasteiger partial charge in [-0.15, -0.1) is 6.58 Å². The number of hydrogen-bond donors (Lipinski definition) is 4. The molecule has 0 spiro atoms. The van der Waals surface area contributed by atoms with E-state index < -0.39 is 29.9 Å². The van der Waals surface area contributed by atoms with Crippen molar-refractivity contribution in [2.24, 2.45) is 4.99 Å². The molecular weight excluding hydrogens is 634 g/mol. The number of carbonyl (C=O) groups excluding carboxylic acids is 3. The fraction of sp³-hybridized carbons (Fsp3) is 0.256. The lowest BCUT2D eigenvalue weighted by Gasteiger charge is -2.22. The van der Waals surface area contributed by atoms with Crippen molar-refractivity contribution in [3.63, 3.8) is 0 Å². The maximum Gasteiger partial charge on any atom is 0.328 e. The molecule has 0 aliphatic carbocycles. The summed E-state index contributed by atoms with van der Waals surface area (Å²) in [5, 5.41) is 19.7. The summed E-state index contributed by atoms with van der Waals surface area (Å²) in [6, 6.07) is 21.6. The normalized spacial score (nSPS) is 11.9. The van der Waals surface area contributed by atoms with Gasteiger partial charge in [0.1, 0.15) is 30.2 Å². The van der Waals surface area contributed by atoms with Crippen LogP contribution in [0.5, 0.6) is 11.5 Å². The molecule has 0 bridgehead atoms. The summed E-state index contributed by atoms with van der Waals surface area (Å²) in [6.07, 6.45) is 4.70. The van der Waals surface area contributed by atoms with Crippen molar-refractivity contribution < 1.29 is 28.6 Å². The molecule has 0 unspecified atom stereocenters. The van der Waals surface area contributed by atoms with Crippen LogP contribution in [0.15, 0.2) is 103 Å². The van der Waals surface area contributed by atoms with Crippen LogP contribution in [0.3, 0.4) is 0 Å². The van der Waals surface area contributed by atoms with Crippen LogP contribution in [-0.4, -0.2) is 69.4 Å². The predicted octanol–water partition coefficient (Wildman–Crippen LogP) is 5.72. The summed E-state index contributed by atoms with van der Waals surface area (Å²) in [7, 11) is 1.23. The van der Waals surface area contributed by atoms with Gasteiger partial charge in [-0.2, -0.15) is 0 Å². The minimum atomic E-state index is -0.979. The first-order valence-electron chi connectivity index (χ1n) is 16.3. The van der Waals surface area contributed by atoms with Crippen LogP contribution >= 0.6 is 0 Å². The number of benzene rings is 4. The van der Waals surface area contributed by atoms with Crippen molar-refractivity contribution in [1.82, 2.24) is 16.0 Å². The fourth-order valence-corrected chi connectivity index (χ4v) is 5.59. The first-order chi connectivity index (χ1) is 24.3. The molecule has 0 saturated heterocycles. The minimum Gasteiger partial charge on any atom is -0.489 e. The molecule has 4 rings (SSSR count). The Hall–Kier alpha value is -5.97. The lowest BCUT2D eigenvalue weighted by molar-refractivity contribution is -0.145. The van der Waals surface area contributed by atoms with Crippen LogP contribution in [0.25, 0.3) is 32.7 Å². The van der Waals surface area contributed by atoms with Crippen LogP contribution in [-0.2, 0) is 19.1 Å². The number of amides is 2. The van der Waals surface area contributed by atoms with Gasteiger partial charge >= 0.3 is 5.97 Å². The molecule has 11 nitrogen and oxygen atoms in total. The number of aliphatic imine (C=N–C) groups is 1. The van der Waals surface area contributed by atoms with E-state index in [9.17, 15) is 14.4 Å². The Labute approximate surface area is 291 Å². The molecule has 2 amide bonds. The lowest BCUT2D eigenvalue weighted by Crippen LogP contribution is -2.52. The second-order valence-electron chi connectivity index (χ2n) is 11.4. The topological polar surface area (TPSA) is 151 Å². The Kier molecular flexibility index (Phi) is 13.7. The average molecular weight is 678 g/mol. The van der Waals surface area contributed by atoms with Gasteiger partial charge in [-0.05, 0) is 66.1 Å². The zero-order valence-corrected chi connectivity index (χ0v) is 28.2. The molecule has 260 valence electrons. The second kappa shape index (κ2) is 18.5. The zero-order valence-electron chi connectivity index (χ0n) is 28.2. The summed E-state index contributed by atoms with van der Waals surface area (Å²) >= 11 is 0. The van der Waals surface area contributed by atoms with E-state index >= 15 is 0 Å². The first-order valence-corrected chi connectivity index (χ1v) is 16.3. The van der Waals surface area contributed by atoms with Crippen LogP contribution in [0, 0.1) is 5.41 Å². The molecule has 50 heavy (non-hydrogen) atoms. The lowest BCUT2D eigenvalue weighted by atomic mass is 9.92. The van der Waals surface area contributed by atoms with Gasteiger partial charge in [0.05, 0.1) is 7.11 Å². The average Bonchev–Trinajstić information content (AvgIpc) is 3.14. The quantitative estimate of drug-likeness (QED) is 0.0346. The highest BCUT2D eigenvalue weighted by Gasteiger charge is 2.27. The van der Waals surface area contributed by atoms with Crippen molar-refractivity contribution in [1.29, 1.82) is 5.41 Å². The number of nitrogens with one attached hydrogen (secondary N) is 4. The molecule has 0 saturated carbocycles. The molecule has 0 fully saturated rings. The van der Waals surface area contributed by atoms with Gasteiger partial charge in [-0.3, -0.25) is 15.0 Å². The summed E-state index contributed by atoms with van der Waals surface area (Å²) in [5.74, 6) is -0.652. The van der Waals surface area contributed by atoms with Crippen LogP contribution in [0.1, 0.15) is 25.7 Å². The SMILES string of the molecule is C=CCOc1ccc2ccccc2c1-c1c(OCC(=O)N[C@H](CCCCNC(=N)N=C)C(=O)N[C@@H](CC=C)C(=O)OC)ccc2ccccc12. The van der Waals surface area contributed by atoms with E-state index in [1.54, 1.807) is 6.08 Å². The third-order valence-electron chi connectivity index (χ3n) is 7.97. The number of rotatable bonds is 18. The van der Waals surface area contributed by atoms with E-state index in [1.165, 1.54) is 13.2 Å². The van der Waals surface area contributed by atoms with E-state index in [0.29, 0.717) is 37.5 Å². The third kappa shape index (κ3) is 9.56. The van der Waals surface area contributed by atoms with Gasteiger partial charge in [0, 0.05) is 17.7 Å². The standard InChI is InChI=1S/C39H43N5O6/c1-5-13-31(38(47)48-4)44-37(46)30(18-11-12-23-42-39(40)41-3)43-34(45)25-50-33-22-20-27-15-8-10-17-29(27)36(33)35-28-16-9-7-14-26(28)19-21-32(35)49-24-6-2/h5-10,14-17,19-22,30-31H,1-3,11-13,18,23-25H2,4H3,(H2,40,42)(H,43,45)(H,44,46)/t30-,31+/m1/s1. The number of fused-ring (bicyclic) bond motifs is 2. The van der Waals surface area contributed by atoms with Gasteiger partial charge in [-0.25, -0.2) is 9.79 Å². The second-order valence-corrected chi connectivity index (χ2v) is 11.4. The van der Waals surface area contributed by atoms with Crippen molar-refractivity contribution in [3.05, 3.63) is 98.1 Å². The molecule has 4 aromatic rings. The Bertz CT molecular complexity index is 1870. The number of esters is 1. The van der Waals surface area contributed by atoms with E-state index in [4.69, 9.17) is 19.6 Å². The Balaban J connectivity index is 1.61. The Morgan fingerprint density at radius 1 is 0.820 bits per heavy atom. The number of ether oxygens (including phenoxy) is 3. The molecule has 2 atom stereocenters. The van der Waals surface area contributed by atoms with E-state index in [1.807, 2.05) is 72.8 Å². The number of carbonyl (C=O) groups is 3. The Morgan fingerprint density at radius 3 is 2.02 bits per heavy atom. The summed E-state index contributed by atoms with van der Waals surface area (Å²) < 4.78 is 17.2. The number of methoxy groups -OCH3 is 1. The van der Waals surface area contributed by atoms with Gasteiger partial charge in [0.2, 0.25) is 11.9 Å². The molecule has 0 aromatic heterocycles. The minimum absolute atomic E-state index is 0.0500. The summed E-state index contributed by atoms with van der Waals surface area (Å²) in [6.45, 7) is 11.1. The summed E-state index contributed by atoms with van der Waals surface area (Å²) in [5.41, 5.74) is 1.58. The monoisotopic (exact) mass is 677 g/mol. The predicted molar refractivity (Wildman–Crippen MR) is 198 cm³/mol. The van der Waals surface area contributed by atoms with Gasteiger partial charge in [-0.1, -0.05) is 79.4 Å². The van der Waals surface area contributed by atoms with E-state index in [0.717, 1.165) is 32.7 Å². The van der Waals surface area contributed by atoms with Crippen molar-refractivity contribution >= 4 is 52.0 Å². The maximum atomic E-state index is 13.5. The van der Waals surface area contributed by atoms with Crippen LogP contribution < -0.4 is 25.4 Å². The zero-order chi connectivity index (χ0) is 35.9. The van der Waals surface area contributed by atoms with Crippen molar-refractivity contribution in [2.45, 2.75) is 37.8 Å². The van der Waals surface area contributed by atoms with Gasteiger partial charge in [0.25, 0.3) is 5.91 Å². The highest BCUT2D eigenvalue weighted by Crippen LogP contribution is 2.45. The third-order valence-corrected chi connectivity index (χ3v) is 7.97. The Morgan fingerprint density at radius 2 is 1.44 bits per heavy atom. The molecule has 11 heteroatoms. The number of guanidine groups is 1. The molecule has 4 N–H and O–H groups in total. The smallest absolute Gasteiger partial charge is 0.328 e. The van der Waals surface area contributed by atoms with Crippen molar-refractivity contribution in [2.75, 3.05) is 26.9 Å². The number of nitrogens with zero attached hydrogens (tertiary/aromatic N) is 1. The number of unbranched alkanes of at least 4 members (excludes halogenated alkanes) is 1. The molecule has 0 aliphatic rings. The molecular formula is C39H43N5O6. The van der Waals surface area contributed by atoms with Crippen LogP contribution in [0.4, 0.5) is 0 Å². The van der Waals surface area contributed by atoms with Crippen molar-refractivity contribution in [3.8, 4) is 22.6 Å². The summed E-state index contributed by atoms with van der Waals surface area (Å²) in [4.78, 5) is 42.7. The molecule has 4 aromatic carbocycles. The highest BCUT2D eigenvalue weighted by atomic mass is 16.5. The highest BCUT2D eigenvalue weighted by molar-refractivity contribution is 6.09. The van der Waals surface area contributed by atoms with E-state index in [-0.39, 0.29) is 25.4 Å². The molecule has 0 heterocycles. The fourth-order valence-electron chi connectivity index (χ4n) is 5.59. The number of hydrogen-bond acceptors (Lipinski definition) is 7.